The molecule has 3 N–H and O–H groups in total. The molecular weight excluding hydrogens is 288 g/mol. The van der Waals surface area contributed by atoms with Crippen LogP contribution in [0.25, 0.3) is 0 Å². The molecule has 116 valence electrons. The molecule has 1 saturated heterocycles. The van der Waals surface area contributed by atoms with Gasteiger partial charge in [-0.25, -0.2) is 4.98 Å². The Morgan fingerprint density at radius 3 is 2.62 bits per heavy atom. The zero-order chi connectivity index (χ0) is 15.6. The second kappa shape index (κ2) is 6.20. The summed E-state index contributed by atoms with van der Waals surface area (Å²) in [6.07, 6.45) is 3.31. The summed E-state index contributed by atoms with van der Waals surface area (Å²) in [6.45, 7) is 8.62. The minimum atomic E-state index is -0.175. The first-order chi connectivity index (χ1) is 9.77. The first-order valence-electron chi connectivity index (χ1n) is 7.24. The summed E-state index contributed by atoms with van der Waals surface area (Å²) in [7, 11) is 0. The number of pyridine rings is 1. The van der Waals surface area contributed by atoms with Crippen LogP contribution in [0.5, 0.6) is 0 Å². The van der Waals surface area contributed by atoms with Crippen molar-refractivity contribution in [2.75, 3.05) is 18.8 Å². The number of amides is 1. The molecule has 0 spiro atoms. The van der Waals surface area contributed by atoms with E-state index in [9.17, 15) is 4.79 Å². The normalized spacial score (nSPS) is 17.7. The van der Waals surface area contributed by atoms with Crippen LogP contribution >= 0.6 is 11.6 Å². The maximum absolute atomic E-state index is 12.3. The molecule has 0 saturated carbocycles. The van der Waals surface area contributed by atoms with Crippen LogP contribution in [0.2, 0.25) is 5.15 Å². The van der Waals surface area contributed by atoms with Crippen molar-refractivity contribution in [1.29, 1.82) is 0 Å². The van der Waals surface area contributed by atoms with E-state index in [1.807, 2.05) is 0 Å². The van der Waals surface area contributed by atoms with Gasteiger partial charge in [-0.2, -0.15) is 0 Å². The minimum absolute atomic E-state index is 0.175. The number of piperidine rings is 1. The average molecular weight is 311 g/mol. The maximum atomic E-state index is 12.3. The van der Waals surface area contributed by atoms with Crippen LogP contribution in [0.15, 0.2) is 12.3 Å². The quantitative estimate of drug-likeness (QED) is 0.822. The lowest BCUT2D eigenvalue weighted by molar-refractivity contribution is 0.0813. The van der Waals surface area contributed by atoms with Crippen molar-refractivity contribution in [3.63, 3.8) is 0 Å². The van der Waals surface area contributed by atoms with Gasteiger partial charge in [0.15, 0.2) is 0 Å². The Kier molecular flexibility index (Phi) is 4.74. The number of likely N-dealkylation sites (tertiary alicyclic amines) is 1. The van der Waals surface area contributed by atoms with Gasteiger partial charge in [0, 0.05) is 24.7 Å². The van der Waals surface area contributed by atoms with Gasteiger partial charge in [-0.1, -0.05) is 11.6 Å². The van der Waals surface area contributed by atoms with Gasteiger partial charge in [-0.3, -0.25) is 9.69 Å². The number of hydrogen-bond donors (Lipinski definition) is 2. The van der Waals surface area contributed by atoms with Gasteiger partial charge >= 0.3 is 0 Å². The largest absolute Gasteiger partial charge is 0.397 e. The number of nitrogen functional groups attached to an aromatic ring is 1. The van der Waals surface area contributed by atoms with E-state index in [1.165, 1.54) is 12.3 Å². The topological polar surface area (TPSA) is 71.2 Å². The number of rotatable bonds is 2. The first-order valence-corrected chi connectivity index (χ1v) is 7.62. The molecule has 0 atom stereocenters. The Labute approximate surface area is 130 Å². The highest BCUT2D eigenvalue weighted by Gasteiger charge is 2.28. The summed E-state index contributed by atoms with van der Waals surface area (Å²) in [4.78, 5) is 18.6. The molecule has 0 unspecified atom stereocenters. The highest BCUT2D eigenvalue weighted by molar-refractivity contribution is 6.29. The van der Waals surface area contributed by atoms with Gasteiger partial charge < -0.3 is 11.1 Å². The van der Waals surface area contributed by atoms with Crippen molar-refractivity contribution in [3.8, 4) is 0 Å². The summed E-state index contributed by atoms with van der Waals surface area (Å²) < 4.78 is 0. The van der Waals surface area contributed by atoms with Crippen LogP contribution in [0.4, 0.5) is 5.69 Å². The fraction of sp³-hybridized carbons (Fsp3) is 0.600. The van der Waals surface area contributed by atoms with Crippen LogP contribution in [-0.2, 0) is 0 Å². The van der Waals surface area contributed by atoms with Crippen LogP contribution in [0, 0.1) is 0 Å². The third-order valence-corrected chi connectivity index (χ3v) is 4.13. The number of carbonyl (C=O) groups excluding carboxylic acids is 1. The molecule has 21 heavy (non-hydrogen) atoms. The number of nitrogens with two attached hydrogens (primary N) is 1. The number of anilines is 1. The Morgan fingerprint density at radius 2 is 2.05 bits per heavy atom. The number of aromatic nitrogens is 1. The second-order valence-electron chi connectivity index (χ2n) is 6.50. The highest BCUT2D eigenvalue weighted by Crippen LogP contribution is 2.21. The summed E-state index contributed by atoms with van der Waals surface area (Å²) in [5, 5.41) is 3.32. The second-order valence-corrected chi connectivity index (χ2v) is 6.89. The Balaban J connectivity index is 1.94. The molecule has 0 aromatic carbocycles. The van der Waals surface area contributed by atoms with Gasteiger partial charge in [-0.15, -0.1) is 0 Å². The van der Waals surface area contributed by atoms with E-state index in [1.54, 1.807) is 0 Å². The van der Waals surface area contributed by atoms with E-state index in [-0.39, 0.29) is 22.6 Å². The molecule has 2 heterocycles. The van der Waals surface area contributed by atoms with E-state index in [2.05, 4.69) is 36.0 Å². The lowest BCUT2D eigenvalue weighted by atomic mass is 9.98. The predicted molar refractivity (Wildman–Crippen MR) is 85.5 cm³/mol. The molecule has 1 aromatic heterocycles. The van der Waals surface area contributed by atoms with Crippen molar-refractivity contribution in [3.05, 3.63) is 23.0 Å². The fourth-order valence-electron chi connectivity index (χ4n) is 2.59. The lowest BCUT2D eigenvalue weighted by Crippen LogP contribution is -2.50. The standard InChI is InChI=1S/C15H23ClN4O/c1-15(2,3)20-6-4-10(5-7-20)19-14(21)11-8-13(16)18-9-12(11)17/h8-10H,4-7,17H2,1-3H3,(H,19,21). The van der Waals surface area contributed by atoms with E-state index in [0.717, 1.165) is 25.9 Å². The van der Waals surface area contributed by atoms with Crippen molar-refractivity contribution >= 4 is 23.2 Å². The van der Waals surface area contributed by atoms with Crippen LogP contribution < -0.4 is 11.1 Å². The summed E-state index contributed by atoms with van der Waals surface area (Å²) in [5.41, 5.74) is 6.71. The van der Waals surface area contributed by atoms with Crippen molar-refractivity contribution in [1.82, 2.24) is 15.2 Å². The number of nitrogens with zero attached hydrogens (tertiary/aromatic N) is 2. The zero-order valence-corrected chi connectivity index (χ0v) is 13.6. The van der Waals surface area contributed by atoms with Gasteiger partial charge in [0.1, 0.15) is 5.15 Å². The number of nitrogens with one attached hydrogen (secondary N) is 1. The molecule has 0 aliphatic carbocycles. The third-order valence-electron chi connectivity index (χ3n) is 3.92. The fourth-order valence-corrected chi connectivity index (χ4v) is 2.75. The van der Waals surface area contributed by atoms with Crippen LogP contribution in [0.3, 0.4) is 0 Å². The SMILES string of the molecule is CC(C)(C)N1CCC(NC(=O)c2cc(Cl)ncc2N)CC1. The Morgan fingerprint density at radius 1 is 1.43 bits per heavy atom. The average Bonchev–Trinajstić information content (AvgIpc) is 2.41. The third kappa shape index (κ3) is 4.08. The van der Waals surface area contributed by atoms with Crippen LogP contribution in [-0.4, -0.2) is 40.5 Å². The summed E-state index contributed by atoms with van der Waals surface area (Å²) in [5.74, 6) is -0.175. The molecule has 5 nitrogen and oxygen atoms in total. The van der Waals surface area contributed by atoms with Gasteiger partial charge in [-0.05, 0) is 39.7 Å². The number of carbonyl (C=O) groups is 1. The highest BCUT2D eigenvalue weighted by atomic mass is 35.5. The molecule has 1 fully saturated rings. The molecular formula is C15H23ClN4O. The first kappa shape index (κ1) is 16.0. The number of halogens is 1. The Bertz CT molecular complexity index is 519. The molecule has 1 aliphatic rings. The van der Waals surface area contributed by atoms with E-state index < -0.39 is 0 Å². The summed E-state index contributed by atoms with van der Waals surface area (Å²) >= 11 is 5.82. The lowest BCUT2D eigenvalue weighted by Gasteiger charge is -2.41. The molecule has 1 aliphatic heterocycles. The van der Waals surface area contributed by atoms with Crippen molar-refractivity contribution < 1.29 is 4.79 Å². The molecule has 0 radical (unpaired) electrons. The molecule has 1 amide bonds. The Hall–Kier alpha value is -1.33. The summed E-state index contributed by atoms with van der Waals surface area (Å²) in [6, 6.07) is 1.69. The van der Waals surface area contributed by atoms with Crippen molar-refractivity contribution in [2.24, 2.45) is 0 Å². The van der Waals surface area contributed by atoms with Crippen molar-refractivity contribution in [2.45, 2.75) is 45.2 Å². The predicted octanol–water partition coefficient (Wildman–Crippen LogP) is 2.31. The van der Waals surface area contributed by atoms with E-state index >= 15 is 0 Å². The minimum Gasteiger partial charge on any atom is -0.397 e. The van der Waals surface area contributed by atoms with E-state index in [4.69, 9.17) is 17.3 Å². The smallest absolute Gasteiger partial charge is 0.253 e. The molecule has 2 rings (SSSR count). The number of hydrogen-bond acceptors (Lipinski definition) is 4. The molecule has 6 heteroatoms. The van der Waals surface area contributed by atoms with E-state index in [0.29, 0.717) is 11.3 Å². The monoisotopic (exact) mass is 310 g/mol. The van der Waals surface area contributed by atoms with Gasteiger partial charge in [0.25, 0.3) is 5.91 Å². The van der Waals surface area contributed by atoms with Gasteiger partial charge in [0.2, 0.25) is 0 Å². The zero-order valence-electron chi connectivity index (χ0n) is 12.8. The molecule has 1 aromatic rings. The van der Waals surface area contributed by atoms with Crippen LogP contribution in [0.1, 0.15) is 44.0 Å². The molecule has 0 bridgehead atoms. The maximum Gasteiger partial charge on any atom is 0.253 e. The van der Waals surface area contributed by atoms with Gasteiger partial charge in [0.05, 0.1) is 17.4 Å².